The molecule has 2 atom stereocenters. The summed E-state index contributed by atoms with van der Waals surface area (Å²) in [7, 11) is 0. The van der Waals surface area contributed by atoms with Crippen LogP contribution in [0.25, 0.3) is 16.9 Å². The Morgan fingerprint density at radius 1 is 1.02 bits per heavy atom. The van der Waals surface area contributed by atoms with Crippen molar-refractivity contribution in [1.82, 2.24) is 19.5 Å². The van der Waals surface area contributed by atoms with Gasteiger partial charge < -0.3 is 14.5 Å². The fourth-order valence-electron chi connectivity index (χ4n) is 6.37. The second-order valence-corrected chi connectivity index (χ2v) is 12.4. The first-order chi connectivity index (χ1) is 20.8. The zero-order valence-corrected chi connectivity index (χ0v) is 24.8. The smallest absolute Gasteiger partial charge is 0.308 e. The molecule has 2 fully saturated rings. The number of aromatic nitrogens is 3. The lowest BCUT2D eigenvalue weighted by Gasteiger charge is -2.35. The van der Waals surface area contributed by atoms with Gasteiger partial charge in [0.25, 0.3) is 5.91 Å². The van der Waals surface area contributed by atoms with E-state index in [0.29, 0.717) is 54.6 Å². The summed E-state index contributed by atoms with van der Waals surface area (Å²) in [5.74, 6) is -0.545. The molecule has 0 radical (unpaired) electrons. The predicted octanol–water partition coefficient (Wildman–Crippen LogP) is 5.95. The lowest BCUT2D eigenvalue weighted by molar-refractivity contribution is -0.151. The third-order valence-corrected chi connectivity index (χ3v) is 9.02. The Morgan fingerprint density at radius 2 is 1.84 bits per heavy atom. The van der Waals surface area contributed by atoms with E-state index in [1.807, 2.05) is 47.9 Å². The van der Waals surface area contributed by atoms with Crippen LogP contribution in [0.2, 0.25) is 0 Å². The predicted molar refractivity (Wildman–Crippen MR) is 162 cm³/mol. The average Bonchev–Trinajstić information content (AvgIpc) is 3.59. The van der Waals surface area contributed by atoms with Gasteiger partial charge in [0.1, 0.15) is 17.6 Å². The molecule has 1 aliphatic carbocycles. The summed E-state index contributed by atoms with van der Waals surface area (Å²) >= 11 is 0. The number of halogens is 1. The molecule has 2 aliphatic heterocycles. The van der Waals surface area contributed by atoms with Crippen molar-refractivity contribution in [3.63, 3.8) is 0 Å². The van der Waals surface area contributed by atoms with E-state index in [2.05, 4.69) is 19.1 Å². The summed E-state index contributed by atoms with van der Waals surface area (Å²) in [6, 6.07) is 17.1. The number of esters is 1. The molecule has 3 aliphatic rings. The van der Waals surface area contributed by atoms with Crippen molar-refractivity contribution < 1.29 is 18.7 Å². The van der Waals surface area contributed by atoms with Gasteiger partial charge in [0, 0.05) is 48.4 Å². The number of rotatable bonds is 6. The summed E-state index contributed by atoms with van der Waals surface area (Å²) in [4.78, 5) is 34.5. The first kappa shape index (κ1) is 27.6. The fourth-order valence-corrected chi connectivity index (χ4v) is 6.37. The normalized spacial score (nSPS) is 20.1. The second kappa shape index (κ2) is 10.8. The van der Waals surface area contributed by atoms with Gasteiger partial charge in [0.05, 0.1) is 24.2 Å². The molecule has 2 aromatic carbocycles. The van der Waals surface area contributed by atoms with Crippen LogP contribution in [0.1, 0.15) is 79.3 Å². The van der Waals surface area contributed by atoms with E-state index in [0.717, 1.165) is 30.6 Å². The maximum Gasteiger partial charge on any atom is 0.308 e. The summed E-state index contributed by atoms with van der Waals surface area (Å²) in [5, 5.41) is 4.77. The Kier molecular flexibility index (Phi) is 6.91. The van der Waals surface area contributed by atoms with Gasteiger partial charge in [-0.25, -0.2) is 13.9 Å². The summed E-state index contributed by atoms with van der Waals surface area (Å²) < 4.78 is 22.9. The number of hydrogen-bond donors (Lipinski definition) is 0. The molecule has 8 nitrogen and oxygen atoms in total. The van der Waals surface area contributed by atoms with Crippen LogP contribution in [0.3, 0.4) is 0 Å². The first-order valence-corrected chi connectivity index (χ1v) is 15.3. The molecular weight excluding hydrogens is 545 g/mol. The van der Waals surface area contributed by atoms with E-state index in [-0.39, 0.29) is 35.8 Å². The van der Waals surface area contributed by atoms with Gasteiger partial charge in [-0.05, 0) is 61.6 Å². The van der Waals surface area contributed by atoms with Gasteiger partial charge in [-0.15, -0.1) is 0 Å². The third kappa shape index (κ3) is 5.15. The minimum absolute atomic E-state index is 0.0407. The largest absolute Gasteiger partial charge is 0.460 e. The molecule has 7 rings (SSSR count). The zero-order chi connectivity index (χ0) is 29.8. The highest BCUT2D eigenvalue weighted by molar-refractivity contribution is 5.93. The van der Waals surface area contributed by atoms with Crippen molar-refractivity contribution in [2.24, 2.45) is 5.92 Å². The van der Waals surface area contributed by atoms with E-state index >= 15 is 4.39 Å². The van der Waals surface area contributed by atoms with Crippen LogP contribution in [0.15, 0.2) is 54.6 Å². The maximum absolute atomic E-state index is 15.6. The van der Waals surface area contributed by atoms with E-state index in [4.69, 9.17) is 14.8 Å². The number of carbonyl (C=O) groups excluding carboxylic acids is 2. The van der Waals surface area contributed by atoms with E-state index < -0.39 is 0 Å². The van der Waals surface area contributed by atoms with Crippen LogP contribution in [-0.4, -0.2) is 57.1 Å². The molecule has 1 saturated carbocycles. The van der Waals surface area contributed by atoms with Gasteiger partial charge in [0.2, 0.25) is 0 Å². The van der Waals surface area contributed by atoms with E-state index in [1.54, 1.807) is 16.6 Å². The van der Waals surface area contributed by atoms with Gasteiger partial charge >= 0.3 is 5.97 Å². The molecule has 0 N–H and O–H groups in total. The second-order valence-electron chi connectivity index (χ2n) is 12.4. The number of carbonyl (C=O) groups is 2. The third-order valence-electron chi connectivity index (χ3n) is 9.02. The lowest BCUT2D eigenvalue weighted by Crippen LogP contribution is -2.39. The number of benzene rings is 2. The van der Waals surface area contributed by atoms with Crippen LogP contribution < -0.4 is 4.90 Å². The summed E-state index contributed by atoms with van der Waals surface area (Å²) in [5.41, 5.74) is 5.97. The topological polar surface area (TPSA) is 80.0 Å². The highest BCUT2D eigenvalue weighted by Crippen LogP contribution is 2.41. The fraction of sp³-hybridized carbons (Fsp3) is 0.412. The Bertz CT molecular complexity index is 1730. The minimum atomic E-state index is -0.381. The number of hydrogen-bond acceptors (Lipinski definition) is 6. The van der Waals surface area contributed by atoms with Gasteiger partial charge in [-0.2, -0.15) is 5.10 Å². The molecule has 222 valence electrons. The Hall–Kier alpha value is -4.27. The van der Waals surface area contributed by atoms with Crippen molar-refractivity contribution in [2.45, 2.75) is 64.5 Å². The van der Waals surface area contributed by atoms with Crippen LogP contribution in [0.4, 0.5) is 10.1 Å². The van der Waals surface area contributed by atoms with Crippen LogP contribution in [-0.2, 0) is 16.0 Å². The van der Waals surface area contributed by atoms with E-state index in [1.165, 1.54) is 17.2 Å². The van der Waals surface area contributed by atoms with Gasteiger partial charge in [-0.3, -0.25) is 9.59 Å². The van der Waals surface area contributed by atoms with E-state index in [9.17, 15) is 9.59 Å². The molecule has 43 heavy (non-hydrogen) atoms. The number of amides is 1. The Labute approximate surface area is 250 Å². The highest BCUT2D eigenvalue weighted by atomic mass is 19.1. The average molecular weight is 582 g/mol. The van der Waals surface area contributed by atoms with Crippen molar-refractivity contribution in [2.75, 3.05) is 24.5 Å². The molecule has 1 amide bonds. The molecule has 4 aromatic rings. The first-order valence-electron chi connectivity index (χ1n) is 15.3. The van der Waals surface area contributed by atoms with Crippen LogP contribution >= 0.6 is 0 Å². The monoisotopic (exact) mass is 581 g/mol. The highest BCUT2D eigenvalue weighted by Gasteiger charge is 2.33. The maximum atomic E-state index is 15.6. The zero-order valence-electron chi connectivity index (χ0n) is 24.8. The minimum Gasteiger partial charge on any atom is -0.460 e. The summed E-state index contributed by atoms with van der Waals surface area (Å²) in [6.07, 6.45) is 3.40. The number of fused-ring (bicyclic) bond motifs is 2. The lowest BCUT2D eigenvalue weighted by atomic mass is 9.93. The molecule has 2 aromatic heterocycles. The van der Waals surface area contributed by atoms with Crippen LogP contribution in [0.5, 0.6) is 0 Å². The van der Waals surface area contributed by atoms with Crippen molar-refractivity contribution in [1.29, 1.82) is 0 Å². The number of nitrogens with zero attached hydrogens (tertiary/aromatic N) is 5. The molecule has 0 spiro atoms. The molecule has 0 unspecified atom stereocenters. The standard InChI is InChI=1S/C34H36FN5O3/c1-20(2)34(42)43-25-13-14-38(19-25)24-10-11-27(28(35)16-24)29-18-32-36-30(17-31(23-8-9-23)40(32)37-29)33(41)39-15-12-22-6-4-5-7-26(22)21(39)3/h4-7,10-11,16-18,20-21,23,25H,8-9,12-15,19H2,1-3H3/t21-,25-/m1/s1. The van der Waals surface area contributed by atoms with Gasteiger partial charge in [-0.1, -0.05) is 38.1 Å². The molecule has 1 saturated heterocycles. The Balaban J connectivity index is 1.15. The summed E-state index contributed by atoms with van der Waals surface area (Å²) in [6.45, 7) is 7.58. The molecule has 4 heterocycles. The molecule has 9 heteroatoms. The molecule has 0 bridgehead atoms. The van der Waals surface area contributed by atoms with Crippen molar-refractivity contribution >= 4 is 23.2 Å². The quantitative estimate of drug-likeness (QED) is 0.262. The van der Waals surface area contributed by atoms with Crippen molar-refractivity contribution in [3.05, 3.63) is 82.9 Å². The molecular formula is C34H36FN5O3. The van der Waals surface area contributed by atoms with Gasteiger partial charge in [0.15, 0.2) is 5.65 Å². The Morgan fingerprint density at radius 3 is 2.60 bits per heavy atom. The number of anilines is 1. The van der Waals surface area contributed by atoms with Crippen LogP contribution in [0, 0.1) is 11.7 Å². The number of ether oxygens (including phenoxy) is 1. The SMILES string of the molecule is CC(C)C(=O)O[C@@H]1CCN(c2ccc(-c3cc4nc(C(=O)N5CCc6ccccc6[C@H]5C)cc(C5CC5)n4n3)c(F)c2)C1. The van der Waals surface area contributed by atoms with Crippen molar-refractivity contribution in [3.8, 4) is 11.3 Å².